The minimum Gasteiger partial charge on any atom is -0.379 e. The number of halogens is 1. The van der Waals surface area contributed by atoms with Crippen molar-refractivity contribution in [2.45, 2.75) is 51.6 Å². The summed E-state index contributed by atoms with van der Waals surface area (Å²) in [6, 6.07) is 9.12. The molecule has 2 unspecified atom stereocenters. The predicted molar refractivity (Wildman–Crippen MR) is 151 cm³/mol. The van der Waals surface area contributed by atoms with Crippen LogP contribution in [-0.4, -0.2) is 98.6 Å². The Morgan fingerprint density at radius 3 is 2.59 bits per heavy atom. The second-order valence-corrected chi connectivity index (χ2v) is 11.7. The topological polar surface area (TPSA) is 78.0 Å². The molecule has 2 saturated heterocycles. The van der Waals surface area contributed by atoms with Crippen molar-refractivity contribution in [2.75, 3.05) is 64.4 Å². The molecule has 8 nitrogen and oxygen atoms in total. The molecule has 1 amide bonds. The van der Waals surface area contributed by atoms with Gasteiger partial charge in [0.15, 0.2) is 6.29 Å². The molecule has 9 heteroatoms. The third-order valence-corrected chi connectivity index (χ3v) is 7.83. The molecule has 0 saturated carbocycles. The second kappa shape index (κ2) is 12.6. The van der Waals surface area contributed by atoms with Gasteiger partial charge in [-0.3, -0.25) is 19.4 Å². The molecule has 39 heavy (non-hydrogen) atoms. The Morgan fingerprint density at radius 1 is 1.23 bits per heavy atom. The van der Waals surface area contributed by atoms with Crippen molar-refractivity contribution in [3.05, 3.63) is 58.7 Å². The lowest BCUT2D eigenvalue weighted by Gasteiger charge is -2.32. The van der Waals surface area contributed by atoms with Crippen LogP contribution in [0.2, 0.25) is 0 Å². The predicted octanol–water partition coefficient (Wildman–Crippen LogP) is 2.88. The molecular formula is C30H42FN5O3. The van der Waals surface area contributed by atoms with Crippen LogP contribution in [0.25, 0.3) is 0 Å². The molecule has 3 aliphatic rings. The van der Waals surface area contributed by atoms with Gasteiger partial charge >= 0.3 is 0 Å². The third-order valence-electron chi connectivity index (χ3n) is 7.83. The number of benzene rings is 1. The zero-order valence-corrected chi connectivity index (χ0v) is 23.9. The number of hydrogen-bond acceptors (Lipinski definition) is 7. The number of nitrogens with one attached hydrogen (secondary N) is 1. The van der Waals surface area contributed by atoms with Gasteiger partial charge in [0.1, 0.15) is 11.5 Å². The molecule has 2 fully saturated rings. The zero-order valence-electron chi connectivity index (χ0n) is 23.9. The smallest absolute Gasteiger partial charge is 0.241 e. The van der Waals surface area contributed by atoms with E-state index in [1.807, 2.05) is 24.8 Å². The van der Waals surface area contributed by atoms with Crippen molar-refractivity contribution in [1.82, 2.24) is 20.1 Å². The standard InChI is InChI=1S/C24H29FN4O2.C6H13NO/c1-16-12-28(9-8-26-16)13-22(31)29-15-24(2,3)23-21(29)11-18(20(14-30)27-23)10-17-4-6-19(25)7-5-17;1-6-5-8-4-3-7(6)2/h4-7,11,14,16,26H,8-10,12-13,15H2,1-3H3;6H,3-5H2,1-2H3. The quantitative estimate of drug-likeness (QED) is 0.586. The fraction of sp³-hybridized carbons (Fsp3) is 0.567. The lowest BCUT2D eigenvalue weighted by atomic mass is 9.90. The van der Waals surface area contributed by atoms with Crippen LogP contribution in [0, 0.1) is 5.82 Å². The summed E-state index contributed by atoms with van der Waals surface area (Å²) >= 11 is 0. The summed E-state index contributed by atoms with van der Waals surface area (Å²) in [5, 5.41) is 3.40. The van der Waals surface area contributed by atoms with Crippen molar-refractivity contribution < 1.29 is 18.7 Å². The molecule has 212 valence electrons. The first-order valence-corrected chi connectivity index (χ1v) is 13.9. The van der Waals surface area contributed by atoms with Gasteiger partial charge in [-0.15, -0.1) is 0 Å². The number of rotatable bonds is 5. The number of pyridine rings is 1. The number of piperazine rings is 1. The summed E-state index contributed by atoms with van der Waals surface area (Å²) in [6.45, 7) is 14.8. The van der Waals surface area contributed by atoms with Crippen LogP contribution in [0.1, 0.15) is 55.0 Å². The van der Waals surface area contributed by atoms with Crippen LogP contribution in [0.3, 0.4) is 0 Å². The average molecular weight is 540 g/mol. The largest absolute Gasteiger partial charge is 0.379 e. The first-order chi connectivity index (χ1) is 18.6. The first-order valence-electron chi connectivity index (χ1n) is 13.9. The van der Waals surface area contributed by atoms with Gasteiger partial charge in [0, 0.05) is 50.2 Å². The van der Waals surface area contributed by atoms with Crippen LogP contribution < -0.4 is 10.2 Å². The highest BCUT2D eigenvalue weighted by atomic mass is 19.1. The Bertz CT molecular complexity index is 1150. The summed E-state index contributed by atoms with van der Waals surface area (Å²) in [5.41, 5.74) is 3.22. The van der Waals surface area contributed by atoms with Gasteiger partial charge in [0.2, 0.25) is 5.91 Å². The van der Waals surface area contributed by atoms with Gasteiger partial charge in [-0.05, 0) is 56.6 Å². The van der Waals surface area contributed by atoms with Crippen LogP contribution >= 0.6 is 0 Å². The molecule has 1 aromatic heterocycles. The lowest BCUT2D eigenvalue weighted by molar-refractivity contribution is -0.120. The van der Waals surface area contributed by atoms with E-state index in [-0.39, 0.29) is 17.1 Å². The molecule has 1 aromatic carbocycles. The summed E-state index contributed by atoms with van der Waals surface area (Å²) < 4.78 is 18.5. The van der Waals surface area contributed by atoms with E-state index in [4.69, 9.17) is 4.74 Å². The summed E-state index contributed by atoms with van der Waals surface area (Å²) in [7, 11) is 2.13. The molecule has 2 aromatic rings. The van der Waals surface area contributed by atoms with Gasteiger partial charge < -0.3 is 15.0 Å². The van der Waals surface area contributed by atoms with E-state index in [0.29, 0.717) is 37.3 Å². The van der Waals surface area contributed by atoms with Gasteiger partial charge in [-0.1, -0.05) is 26.0 Å². The fourth-order valence-electron chi connectivity index (χ4n) is 5.35. The number of fused-ring (bicyclic) bond motifs is 1. The molecule has 0 bridgehead atoms. The summed E-state index contributed by atoms with van der Waals surface area (Å²) in [5.74, 6) is -0.249. The summed E-state index contributed by atoms with van der Waals surface area (Å²) in [6.07, 6.45) is 1.22. The van der Waals surface area contributed by atoms with E-state index in [0.717, 1.165) is 68.2 Å². The number of hydrogen-bond donors (Lipinski definition) is 1. The van der Waals surface area contributed by atoms with E-state index in [1.54, 1.807) is 12.1 Å². The molecule has 5 rings (SSSR count). The minimum atomic E-state index is -0.339. The first kappa shape index (κ1) is 29.3. The van der Waals surface area contributed by atoms with Crippen LogP contribution in [0.4, 0.5) is 10.1 Å². The number of anilines is 1. The van der Waals surface area contributed by atoms with Crippen LogP contribution in [0.15, 0.2) is 30.3 Å². The van der Waals surface area contributed by atoms with E-state index in [2.05, 4.69) is 41.0 Å². The fourth-order valence-corrected chi connectivity index (χ4v) is 5.35. The van der Waals surface area contributed by atoms with Crippen LogP contribution in [0.5, 0.6) is 0 Å². The van der Waals surface area contributed by atoms with Gasteiger partial charge in [-0.25, -0.2) is 9.37 Å². The van der Waals surface area contributed by atoms with Crippen molar-refractivity contribution in [3.63, 3.8) is 0 Å². The number of aldehydes is 1. The van der Waals surface area contributed by atoms with E-state index < -0.39 is 0 Å². The number of carbonyl (C=O) groups excluding carboxylic acids is 2. The number of aromatic nitrogens is 1. The number of nitrogens with zero attached hydrogens (tertiary/aromatic N) is 4. The highest BCUT2D eigenvalue weighted by molar-refractivity contribution is 5.97. The molecule has 2 atom stereocenters. The molecule has 0 aliphatic carbocycles. The Morgan fingerprint density at radius 2 is 1.97 bits per heavy atom. The minimum absolute atomic E-state index is 0.0503. The molecule has 0 spiro atoms. The highest BCUT2D eigenvalue weighted by Gasteiger charge is 2.40. The number of carbonyl (C=O) groups is 2. The molecule has 0 radical (unpaired) electrons. The number of likely N-dealkylation sites (N-methyl/N-ethyl adjacent to an activating group) is 1. The van der Waals surface area contributed by atoms with Crippen molar-refractivity contribution in [3.8, 4) is 0 Å². The maximum atomic E-state index is 13.3. The van der Waals surface area contributed by atoms with Gasteiger partial charge in [0.05, 0.1) is 31.1 Å². The van der Waals surface area contributed by atoms with Gasteiger partial charge in [-0.2, -0.15) is 0 Å². The van der Waals surface area contributed by atoms with Crippen molar-refractivity contribution in [2.24, 2.45) is 0 Å². The number of amides is 1. The molecule has 4 heterocycles. The summed E-state index contributed by atoms with van der Waals surface area (Å²) in [4.78, 5) is 36.0. The highest BCUT2D eigenvalue weighted by Crippen LogP contribution is 2.40. The number of ether oxygens (including phenoxy) is 1. The van der Waals surface area contributed by atoms with E-state index in [1.165, 1.54) is 12.1 Å². The third kappa shape index (κ3) is 7.28. The SMILES string of the molecule is CC1CN(CC(=O)N2CC(C)(C)c3nc(C=O)c(Cc4ccc(F)cc4)cc32)CCN1.CC1COCCN1C. The normalized spacial score (nSPS) is 23.1. The monoisotopic (exact) mass is 539 g/mol. The van der Waals surface area contributed by atoms with Gasteiger partial charge in [0.25, 0.3) is 0 Å². The van der Waals surface area contributed by atoms with Crippen LogP contribution in [-0.2, 0) is 21.4 Å². The number of morpholine rings is 1. The maximum Gasteiger partial charge on any atom is 0.241 e. The zero-order chi connectivity index (χ0) is 28.2. The van der Waals surface area contributed by atoms with Crippen molar-refractivity contribution >= 4 is 17.9 Å². The Hall–Kier alpha value is -2.72. The molecule has 3 aliphatic heterocycles. The maximum absolute atomic E-state index is 13.3. The molecular weight excluding hydrogens is 497 g/mol. The Balaban J connectivity index is 0.000000379. The van der Waals surface area contributed by atoms with Crippen molar-refractivity contribution in [1.29, 1.82) is 0 Å². The lowest BCUT2D eigenvalue weighted by Crippen LogP contribution is -2.52. The Labute approximate surface area is 231 Å². The van der Waals surface area contributed by atoms with E-state index >= 15 is 0 Å². The Kier molecular flexibility index (Phi) is 9.48. The second-order valence-electron chi connectivity index (χ2n) is 11.7. The molecule has 1 N–H and O–H groups in total. The average Bonchev–Trinajstić information content (AvgIpc) is 3.17. The van der Waals surface area contributed by atoms with E-state index in [9.17, 15) is 14.0 Å².